The number of benzene rings is 1. The van der Waals surface area contributed by atoms with Crippen molar-refractivity contribution in [1.29, 1.82) is 0 Å². The van der Waals surface area contributed by atoms with Gasteiger partial charge in [0, 0.05) is 23.5 Å². The summed E-state index contributed by atoms with van der Waals surface area (Å²) in [5, 5.41) is 3.14. The average molecular weight is 360 g/mol. The molecule has 1 rings (SSSR count). The number of nitrogens with one attached hydrogen (secondary N) is 1. The van der Waals surface area contributed by atoms with Gasteiger partial charge in [-0.15, -0.1) is 0 Å². The van der Waals surface area contributed by atoms with Crippen molar-refractivity contribution in [3.05, 3.63) is 34.1 Å². The van der Waals surface area contributed by atoms with Crippen LogP contribution in [0.5, 0.6) is 0 Å². The van der Waals surface area contributed by atoms with E-state index in [-0.39, 0.29) is 30.0 Å². The second-order valence-electron chi connectivity index (χ2n) is 4.63. The molecule has 0 aliphatic heterocycles. The fourth-order valence-electron chi connectivity index (χ4n) is 1.89. The molecule has 1 atom stereocenters. The summed E-state index contributed by atoms with van der Waals surface area (Å²) in [6, 6.07) is 3.97. The van der Waals surface area contributed by atoms with E-state index in [0.717, 1.165) is 5.56 Å². The van der Waals surface area contributed by atoms with Crippen molar-refractivity contribution in [2.45, 2.75) is 32.7 Å². The summed E-state index contributed by atoms with van der Waals surface area (Å²) in [4.78, 5) is 22.7. The minimum atomic E-state index is -0.357. The fraction of sp³-hybridized carbons (Fsp3) is 0.467. The number of hydrogen-bond acceptors (Lipinski definition) is 4. The van der Waals surface area contributed by atoms with Crippen LogP contribution in [0, 0.1) is 5.82 Å². The first-order chi connectivity index (χ1) is 9.93. The quantitative estimate of drug-likeness (QED) is 0.724. The van der Waals surface area contributed by atoms with Crippen molar-refractivity contribution in [3.63, 3.8) is 0 Å². The van der Waals surface area contributed by atoms with Crippen LogP contribution in [0.4, 0.5) is 4.39 Å². The number of esters is 1. The van der Waals surface area contributed by atoms with Crippen LogP contribution < -0.4 is 5.32 Å². The van der Waals surface area contributed by atoms with Crippen LogP contribution in [-0.4, -0.2) is 24.9 Å². The number of carbonyl (C=O) groups excluding carboxylic acids is 2. The first kappa shape index (κ1) is 17.8. The largest absolute Gasteiger partial charge is 0.466 e. The Bertz CT molecular complexity index is 508. The van der Waals surface area contributed by atoms with E-state index in [9.17, 15) is 14.0 Å². The lowest BCUT2D eigenvalue weighted by Gasteiger charge is -2.19. The van der Waals surface area contributed by atoms with Gasteiger partial charge in [0.15, 0.2) is 0 Å². The third-order valence-corrected chi connectivity index (χ3v) is 3.57. The minimum Gasteiger partial charge on any atom is -0.466 e. The van der Waals surface area contributed by atoms with Gasteiger partial charge < -0.3 is 10.1 Å². The molecular weight excluding hydrogens is 341 g/mol. The van der Waals surface area contributed by atoms with Gasteiger partial charge in [-0.2, -0.15) is 0 Å². The van der Waals surface area contributed by atoms with Crippen LogP contribution in [-0.2, 0) is 14.3 Å². The lowest BCUT2D eigenvalue weighted by atomic mass is 10.0. The molecule has 116 valence electrons. The summed E-state index contributed by atoms with van der Waals surface area (Å²) < 4.78 is 18.7. The molecule has 21 heavy (non-hydrogen) atoms. The molecule has 0 aliphatic carbocycles. The van der Waals surface area contributed by atoms with Crippen LogP contribution >= 0.6 is 15.9 Å². The molecule has 4 nitrogen and oxygen atoms in total. The van der Waals surface area contributed by atoms with Crippen molar-refractivity contribution >= 4 is 27.7 Å². The lowest BCUT2D eigenvalue weighted by molar-refractivity contribution is -0.143. The molecule has 0 amide bonds. The van der Waals surface area contributed by atoms with Crippen molar-refractivity contribution in [2.75, 3.05) is 13.2 Å². The Balaban J connectivity index is 2.83. The van der Waals surface area contributed by atoms with Crippen molar-refractivity contribution in [2.24, 2.45) is 0 Å². The van der Waals surface area contributed by atoms with Gasteiger partial charge in [-0.3, -0.25) is 9.59 Å². The van der Waals surface area contributed by atoms with Gasteiger partial charge in [0.1, 0.15) is 11.6 Å². The first-order valence-electron chi connectivity index (χ1n) is 6.77. The van der Waals surface area contributed by atoms with E-state index in [2.05, 4.69) is 21.2 Å². The van der Waals surface area contributed by atoms with E-state index in [0.29, 0.717) is 24.0 Å². The Labute approximate surface area is 132 Å². The number of Topliss-reactive ketones (excluding diaryl/α,β-unsaturated/α-hetero) is 1. The Morgan fingerprint density at radius 3 is 2.71 bits per heavy atom. The maximum absolute atomic E-state index is 13.2. The highest BCUT2D eigenvalue weighted by Gasteiger charge is 2.19. The monoisotopic (exact) mass is 359 g/mol. The molecule has 1 aromatic rings. The molecule has 0 fully saturated rings. The summed E-state index contributed by atoms with van der Waals surface area (Å²) >= 11 is 3.30. The molecule has 0 aromatic heterocycles. The zero-order valence-corrected chi connectivity index (χ0v) is 13.7. The zero-order valence-electron chi connectivity index (χ0n) is 12.1. The second kappa shape index (κ2) is 8.89. The molecule has 0 aliphatic rings. The van der Waals surface area contributed by atoms with E-state index in [1.54, 1.807) is 13.0 Å². The number of hydrogen-bond donors (Lipinski definition) is 1. The normalized spacial score (nSPS) is 12.0. The summed E-state index contributed by atoms with van der Waals surface area (Å²) in [7, 11) is 0. The SMILES string of the molecule is CCOC(=O)C[C@@H](NCCC(C)=O)c1ccc(F)cc1Br. The first-order valence-corrected chi connectivity index (χ1v) is 7.56. The molecule has 0 saturated carbocycles. The van der Waals surface area contributed by atoms with Crippen molar-refractivity contribution in [3.8, 4) is 0 Å². The van der Waals surface area contributed by atoms with Gasteiger partial charge >= 0.3 is 5.97 Å². The van der Waals surface area contributed by atoms with Crippen LogP contribution in [0.25, 0.3) is 0 Å². The summed E-state index contributed by atoms with van der Waals surface area (Å²) in [5.41, 5.74) is 0.757. The molecular formula is C15H19BrFNO3. The van der Waals surface area contributed by atoms with E-state index < -0.39 is 0 Å². The fourth-order valence-corrected chi connectivity index (χ4v) is 2.51. The van der Waals surface area contributed by atoms with Gasteiger partial charge in [0.25, 0.3) is 0 Å². The van der Waals surface area contributed by atoms with Crippen LogP contribution in [0.3, 0.4) is 0 Å². The highest BCUT2D eigenvalue weighted by atomic mass is 79.9. The molecule has 0 unspecified atom stereocenters. The maximum Gasteiger partial charge on any atom is 0.307 e. The molecule has 0 spiro atoms. The van der Waals surface area contributed by atoms with Crippen LogP contribution in [0.15, 0.2) is 22.7 Å². The highest BCUT2D eigenvalue weighted by molar-refractivity contribution is 9.10. The average Bonchev–Trinajstić information content (AvgIpc) is 2.37. The second-order valence-corrected chi connectivity index (χ2v) is 5.49. The predicted octanol–water partition coefficient (Wildman–Crippen LogP) is 3.15. The molecule has 0 heterocycles. The Hall–Kier alpha value is -1.27. The van der Waals surface area contributed by atoms with Crippen LogP contribution in [0.1, 0.15) is 38.3 Å². The lowest BCUT2D eigenvalue weighted by Crippen LogP contribution is -2.27. The van der Waals surface area contributed by atoms with E-state index in [1.807, 2.05) is 0 Å². The van der Waals surface area contributed by atoms with Crippen molar-refractivity contribution < 1.29 is 18.7 Å². The number of ketones is 1. The smallest absolute Gasteiger partial charge is 0.307 e. The number of rotatable bonds is 8. The van der Waals surface area contributed by atoms with Gasteiger partial charge in [-0.05, 0) is 31.5 Å². The number of ether oxygens (including phenoxy) is 1. The standard InChI is InChI=1S/C15H19BrFNO3/c1-3-21-15(20)9-14(18-7-6-10(2)19)12-5-4-11(17)8-13(12)16/h4-5,8,14,18H,3,6-7,9H2,1-2H3/t14-/m1/s1. The van der Waals surface area contributed by atoms with E-state index in [1.165, 1.54) is 19.1 Å². The van der Waals surface area contributed by atoms with E-state index in [4.69, 9.17) is 4.74 Å². The highest BCUT2D eigenvalue weighted by Crippen LogP contribution is 2.27. The molecule has 1 aromatic carbocycles. The maximum atomic E-state index is 13.2. The topological polar surface area (TPSA) is 55.4 Å². The Morgan fingerprint density at radius 1 is 1.43 bits per heavy atom. The molecule has 0 radical (unpaired) electrons. The van der Waals surface area contributed by atoms with Gasteiger partial charge in [-0.25, -0.2) is 4.39 Å². The Morgan fingerprint density at radius 2 is 2.14 bits per heavy atom. The molecule has 0 bridgehead atoms. The predicted molar refractivity (Wildman–Crippen MR) is 81.4 cm³/mol. The molecule has 6 heteroatoms. The molecule has 0 saturated heterocycles. The van der Waals surface area contributed by atoms with Gasteiger partial charge in [-0.1, -0.05) is 22.0 Å². The Kier molecular flexibility index (Phi) is 7.53. The van der Waals surface area contributed by atoms with Gasteiger partial charge in [0.05, 0.1) is 13.0 Å². The summed E-state index contributed by atoms with van der Waals surface area (Å²) in [6.07, 6.45) is 0.494. The number of halogens is 2. The van der Waals surface area contributed by atoms with E-state index >= 15 is 0 Å². The third kappa shape index (κ3) is 6.35. The molecule has 1 N–H and O–H groups in total. The van der Waals surface area contributed by atoms with Crippen LogP contribution in [0.2, 0.25) is 0 Å². The third-order valence-electron chi connectivity index (χ3n) is 2.88. The summed E-state index contributed by atoms with van der Waals surface area (Å²) in [6.45, 7) is 4.01. The minimum absolute atomic E-state index is 0.0653. The van der Waals surface area contributed by atoms with Crippen molar-refractivity contribution in [1.82, 2.24) is 5.32 Å². The zero-order chi connectivity index (χ0) is 15.8. The number of carbonyl (C=O) groups is 2. The van der Waals surface area contributed by atoms with Gasteiger partial charge in [0.2, 0.25) is 0 Å². The summed E-state index contributed by atoms with van der Waals surface area (Å²) in [5.74, 6) is -0.631.